The van der Waals surface area contributed by atoms with Crippen LogP contribution in [0.25, 0.3) is 0 Å². The predicted octanol–water partition coefficient (Wildman–Crippen LogP) is 0.350. The molecule has 1 unspecified atom stereocenters. The smallest absolute Gasteiger partial charge is 0.492 e. The summed E-state index contributed by atoms with van der Waals surface area (Å²) in [5.41, 5.74) is 7.15. The van der Waals surface area contributed by atoms with Crippen LogP contribution in [-0.2, 0) is 4.65 Å². The Balaban J connectivity index is 0.00000180. The van der Waals surface area contributed by atoms with E-state index >= 15 is 0 Å². The van der Waals surface area contributed by atoms with Gasteiger partial charge < -0.3 is 25.3 Å². The van der Waals surface area contributed by atoms with Crippen LogP contribution in [0.2, 0.25) is 0 Å². The third kappa shape index (κ3) is 3.62. The maximum atomic E-state index is 9.81. The van der Waals surface area contributed by atoms with Gasteiger partial charge in [-0.3, -0.25) is 0 Å². The minimum Gasteiger partial charge on any atom is -0.493 e. The highest BCUT2D eigenvalue weighted by atomic mass is 79.9. The number of ether oxygens (including phenoxy) is 1. The van der Waals surface area contributed by atoms with Gasteiger partial charge in [-0.15, -0.1) is 12.4 Å². The van der Waals surface area contributed by atoms with Gasteiger partial charge in [0, 0.05) is 24.0 Å². The number of halogens is 2. The fourth-order valence-corrected chi connectivity index (χ4v) is 2.68. The topological polar surface area (TPSA) is 84.9 Å². The van der Waals surface area contributed by atoms with Crippen LogP contribution < -0.4 is 15.9 Å². The van der Waals surface area contributed by atoms with Gasteiger partial charge in [0.25, 0.3) is 0 Å². The highest BCUT2D eigenvalue weighted by Gasteiger charge is 2.36. The van der Waals surface area contributed by atoms with Gasteiger partial charge in [0.2, 0.25) is 0 Å². The van der Waals surface area contributed by atoms with Crippen molar-refractivity contribution in [1.29, 1.82) is 0 Å². The molecular weight excluding hydrogens is 336 g/mol. The molecule has 0 radical (unpaired) electrons. The summed E-state index contributed by atoms with van der Waals surface area (Å²) in [6.45, 7) is 0.833. The number of fused-ring (bicyclic) bond motifs is 1. The van der Waals surface area contributed by atoms with Crippen LogP contribution in [-0.4, -0.2) is 37.0 Å². The second-order valence-electron chi connectivity index (χ2n) is 4.05. The van der Waals surface area contributed by atoms with Crippen molar-refractivity contribution < 1.29 is 19.5 Å². The fourth-order valence-electron chi connectivity index (χ4n) is 1.97. The standard InChI is InChI=1S/C11H15BBrNO4.ClH/c13-9-5-7(17-3-1-2-15)4-8-11(9)10(6-14)18-12(8)16;/h4-5,10,15-16H,1-3,6,14H2;1H. The minimum absolute atomic E-state index is 0. The molecule has 0 spiro atoms. The average molecular weight is 352 g/mol. The molecule has 1 aliphatic heterocycles. The van der Waals surface area contributed by atoms with Crippen molar-refractivity contribution >= 4 is 40.9 Å². The van der Waals surface area contributed by atoms with Crippen LogP contribution in [0.1, 0.15) is 18.1 Å². The lowest BCUT2D eigenvalue weighted by Crippen LogP contribution is -2.28. The number of rotatable bonds is 5. The largest absolute Gasteiger partial charge is 0.493 e. The Bertz CT molecular complexity index is 437. The molecule has 5 nitrogen and oxygen atoms in total. The van der Waals surface area contributed by atoms with E-state index in [2.05, 4.69) is 15.9 Å². The van der Waals surface area contributed by atoms with Gasteiger partial charge in [0.1, 0.15) is 5.75 Å². The first-order valence-corrected chi connectivity index (χ1v) is 6.57. The van der Waals surface area contributed by atoms with E-state index in [-0.39, 0.29) is 25.1 Å². The fraction of sp³-hybridized carbons (Fsp3) is 0.455. The summed E-state index contributed by atoms with van der Waals surface area (Å²) in [6, 6.07) is 3.57. The zero-order valence-electron chi connectivity index (χ0n) is 10.2. The quantitative estimate of drug-likeness (QED) is 0.526. The molecule has 0 saturated heterocycles. The Hall–Kier alpha value is -0.305. The molecule has 0 saturated carbocycles. The summed E-state index contributed by atoms with van der Waals surface area (Å²) in [6.07, 6.45) is 0.273. The summed E-state index contributed by atoms with van der Waals surface area (Å²) in [7, 11) is -0.966. The van der Waals surface area contributed by atoms with E-state index in [4.69, 9.17) is 20.2 Å². The first-order chi connectivity index (χ1) is 8.67. The van der Waals surface area contributed by atoms with E-state index in [1.54, 1.807) is 6.07 Å². The lowest BCUT2D eigenvalue weighted by atomic mass is 9.79. The summed E-state index contributed by atoms with van der Waals surface area (Å²) >= 11 is 3.44. The van der Waals surface area contributed by atoms with E-state index in [0.717, 1.165) is 10.0 Å². The molecule has 106 valence electrons. The second-order valence-corrected chi connectivity index (χ2v) is 4.90. The van der Waals surface area contributed by atoms with Gasteiger partial charge in [-0.05, 0) is 23.2 Å². The zero-order valence-corrected chi connectivity index (χ0v) is 12.6. The van der Waals surface area contributed by atoms with Crippen molar-refractivity contribution in [2.45, 2.75) is 12.5 Å². The molecule has 1 aromatic rings. The Kier molecular flexibility index (Phi) is 6.58. The van der Waals surface area contributed by atoms with E-state index < -0.39 is 7.12 Å². The first kappa shape index (κ1) is 16.7. The third-order valence-corrected chi connectivity index (χ3v) is 3.46. The SMILES string of the molecule is Cl.NCC1OB(O)c2cc(OCCCO)cc(Br)c21. The van der Waals surface area contributed by atoms with Crippen molar-refractivity contribution in [3.05, 3.63) is 22.2 Å². The van der Waals surface area contributed by atoms with E-state index in [1.807, 2.05) is 6.07 Å². The normalized spacial score (nSPS) is 17.1. The second kappa shape index (κ2) is 7.47. The highest BCUT2D eigenvalue weighted by molar-refractivity contribution is 9.10. The number of benzene rings is 1. The molecule has 0 amide bonds. The Labute approximate surface area is 126 Å². The Morgan fingerprint density at radius 3 is 2.84 bits per heavy atom. The molecule has 19 heavy (non-hydrogen) atoms. The van der Waals surface area contributed by atoms with Crippen LogP contribution in [0.4, 0.5) is 0 Å². The Morgan fingerprint density at radius 2 is 2.21 bits per heavy atom. The van der Waals surface area contributed by atoms with E-state index in [0.29, 0.717) is 30.8 Å². The lowest BCUT2D eigenvalue weighted by molar-refractivity contribution is 0.197. The summed E-state index contributed by atoms with van der Waals surface area (Å²) in [5.74, 6) is 0.634. The van der Waals surface area contributed by atoms with E-state index in [1.165, 1.54) is 0 Å². The lowest BCUT2D eigenvalue weighted by Gasteiger charge is -2.12. The number of aliphatic hydroxyl groups excluding tert-OH is 1. The number of aliphatic hydroxyl groups is 1. The molecule has 1 atom stereocenters. The van der Waals surface area contributed by atoms with Gasteiger partial charge in [-0.1, -0.05) is 15.9 Å². The van der Waals surface area contributed by atoms with Gasteiger partial charge in [-0.25, -0.2) is 0 Å². The Morgan fingerprint density at radius 1 is 1.47 bits per heavy atom. The predicted molar refractivity (Wildman–Crippen MR) is 79.1 cm³/mol. The molecule has 0 aromatic heterocycles. The number of hydrogen-bond acceptors (Lipinski definition) is 5. The number of nitrogens with two attached hydrogens (primary N) is 1. The molecule has 8 heteroatoms. The molecule has 0 bridgehead atoms. The van der Waals surface area contributed by atoms with Crippen LogP contribution in [0, 0.1) is 0 Å². The number of hydrogen-bond donors (Lipinski definition) is 3. The highest BCUT2D eigenvalue weighted by Crippen LogP contribution is 2.32. The molecule has 1 aliphatic rings. The minimum atomic E-state index is -0.966. The maximum Gasteiger partial charge on any atom is 0.492 e. The van der Waals surface area contributed by atoms with Crippen LogP contribution in [0.5, 0.6) is 5.75 Å². The van der Waals surface area contributed by atoms with Crippen LogP contribution >= 0.6 is 28.3 Å². The van der Waals surface area contributed by atoms with Crippen molar-refractivity contribution in [3.63, 3.8) is 0 Å². The maximum absolute atomic E-state index is 9.81. The average Bonchev–Trinajstić information content (AvgIpc) is 2.67. The molecule has 0 fully saturated rings. The van der Waals surface area contributed by atoms with Crippen molar-refractivity contribution in [1.82, 2.24) is 0 Å². The van der Waals surface area contributed by atoms with Gasteiger partial charge in [0.15, 0.2) is 0 Å². The molecule has 1 aromatic carbocycles. The third-order valence-electron chi connectivity index (χ3n) is 2.80. The summed E-state index contributed by atoms with van der Waals surface area (Å²) in [4.78, 5) is 0. The summed E-state index contributed by atoms with van der Waals surface area (Å²) in [5, 5.41) is 18.5. The zero-order chi connectivity index (χ0) is 13.1. The van der Waals surface area contributed by atoms with Gasteiger partial charge >= 0.3 is 7.12 Å². The van der Waals surface area contributed by atoms with Crippen molar-refractivity contribution in [2.75, 3.05) is 19.8 Å². The van der Waals surface area contributed by atoms with Crippen molar-refractivity contribution in [2.24, 2.45) is 5.73 Å². The van der Waals surface area contributed by atoms with Crippen LogP contribution in [0.3, 0.4) is 0 Å². The van der Waals surface area contributed by atoms with Crippen LogP contribution in [0.15, 0.2) is 16.6 Å². The molecule has 0 aliphatic carbocycles. The molecular formula is C11H16BBrClNO4. The first-order valence-electron chi connectivity index (χ1n) is 5.78. The van der Waals surface area contributed by atoms with Gasteiger partial charge in [-0.2, -0.15) is 0 Å². The monoisotopic (exact) mass is 351 g/mol. The van der Waals surface area contributed by atoms with Gasteiger partial charge in [0.05, 0.1) is 12.7 Å². The molecule has 2 rings (SSSR count). The molecule has 4 N–H and O–H groups in total. The van der Waals surface area contributed by atoms with E-state index in [9.17, 15) is 5.02 Å². The van der Waals surface area contributed by atoms with Crippen molar-refractivity contribution in [3.8, 4) is 5.75 Å². The molecule has 1 heterocycles. The summed E-state index contributed by atoms with van der Waals surface area (Å²) < 4.78 is 11.6.